The van der Waals surface area contributed by atoms with E-state index in [-0.39, 0.29) is 16.3 Å². The van der Waals surface area contributed by atoms with Crippen molar-refractivity contribution in [3.8, 4) is 11.1 Å². The van der Waals surface area contributed by atoms with Gasteiger partial charge in [-0.05, 0) is 29.8 Å². The Bertz CT molecular complexity index is 1050. The van der Waals surface area contributed by atoms with Crippen LogP contribution < -0.4 is 10.9 Å². The highest BCUT2D eigenvalue weighted by Gasteiger charge is 2.31. The Labute approximate surface area is 156 Å². The number of rotatable bonds is 3. The molecule has 0 aliphatic rings. The summed E-state index contributed by atoms with van der Waals surface area (Å²) < 4.78 is 38.7. The zero-order chi connectivity index (χ0) is 19.6. The molecule has 2 N–H and O–H groups in total. The molecular weight excluding hydrogens is 381 g/mol. The van der Waals surface area contributed by atoms with E-state index in [1.165, 1.54) is 6.20 Å². The molecule has 0 saturated carbocycles. The average Bonchev–Trinajstić information content (AvgIpc) is 2.63. The third-order valence-electron chi connectivity index (χ3n) is 3.81. The van der Waals surface area contributed by atoms with Gasteiger partial charge >= 0.3 is 6.18 Å². The average molecular weight is 393 g/mol. The van der Waals surface area contributed by atoms with E-state index < -0.39 is 23.2 Å². The molecule has 0 spiro atoms. The van der Waals surface area contributed by atoms with Crippen LogP contribution in [-0.2, 0) is 6.18 Å². The van der Waals surface area contributed by atoms with Crippen molar-refractivity contribution in [2.45, 2.75) is 6.18 Å². The number of H-pyrrole nitrogens is 1. The number of anilines is 1. The van der Waals surface area contributed by atoms with E-state index in [1.54, 1.807) is 36.4 Å². The van der Waals surface area contributed by atoms with Crippen LogP contribution >= 0.6 is 11.6 Å². The summed E-state index contributed by atoms with van der Waals surface area (Å²) in [6, 6.07) is 12.8. The SMILES string of the molecule is O=C(Nc1cc(C(F)(F)F)ccc1Cl)c1c(-c2ccccc2)cc[nH]c1=O. The van der Waals surface area contributed by atoms with Crippen LogP contribution in [0.15, 0.2) is 65.6 Å². The molecule has 0 bridgehead atoms. The highest BCUT2D eigenvalue weighted by Crippen LogP contribution is 2.34. The van der Waals surface area contributed by atoms with Gasteiger partial charge in [0.05, 0.1) is 16.3 Å². The maximum absolute atomic E-state index is 12.9. The lowest BCUT2D eigenvalue weighted by atomic mass is 10.0. The number of aromatic nitrogens is 1. The van der Waals surface area contributed by atoms with Gasteiger partial charge in [0.15, 0.2) is 0 Å². The number of nitrogens with one attached hydrogen (secondary N) is 2. The minimum absolute atomic E-state index is 0.0787. The minimum Gasteiger partial charge on any atom is -0.328 e. The summed E-state index contributed by atoms with van der Waals surface area (Å²) in [6.45, 7) is 0. The first-order chi connectivity index (χ1) is 12.8. The molecule has 0 aliphatic heterocycles. The van der Waals surface area contributed by atoms with Crippen molar-refractivity contribution in [3.05, 3.63) is 87.3 Å². The summed E-state index contributed by atoms with van der Waals surface area (Å²) in [5.41, 5.74) is -1.14. The molecule has 4 nitrogen and oxygen atoms in total. The van der Waals surface area contributed by atoms with Crippen LogP contribution in [0.25, 0.3) is 11.1 Å². The quantitative estimate of drug-likeness (QED) is 0.661. The molecule has 0 atom stereocenters. The molecule has 1 heterocycles. The van der Waals surface area contributed by atoms with E-state index >= 15 is 0 Å². The molecule has 8 heteroatoms. The second-order valence-corrected chi connectivity index (χ2v) is 6.02. The summed E-state index contributed by atoms with van der Waals surface area (Å²) in [7, 11) is 0. The zero-order valence-corrected chi connectivity index (χ0v) is 14.4. The first kappa shape index (κ1) is 18.7. The van der Waals surface area contributed by atoms with Crippen LogP contribution in [0.5, 0.6) is 0 Å². The fourth-order valence-electron chi connectivity index (χ4n) is 2.54. The molecule has 3 aromatic rings. The third kappa shape index (κ3) is 4.03. The van der Waals surface area contributed by atoms with Gasteiger partial charge < -0.3 is 10.3 Å². The van der Waals surface area contributed by atoms with Crippen molar-refractivity contribution >= 4 is 23.2 Å². The summed E-state index contributed by atoms with van der Waals surface area (Å²) >= 11 is 5.91. The van der Waals surface area contributed by atoms with E-state index in [9.17, 15) is 22.8 Å². The maximum atomic E-state index is 12.9. The molecule has 0 radical (unpaired) electrons. The molecule has 1 aromatic heterocycles. The molecule has 0 aliphatic carbocycles. The lowest BCUT2D eigenvalue weighted by molar-refractivity contribution is -0.137. The first-order valence-corrected chi connectivity index (χ1v) is 8.10. The Kier molecular flexibility index (Phi) is 5.05. The number of benzene rings is 2. The Morgan fingerprint density at radius 2 is 1.74 bits per heavy atom. The number of carbonyl (C=O) groups is 1. The van der Waals surface area contributed by atoms with Crippen molar-refractivity contribution in [3.63, 3.8) is 0 Å². The number of pyridine rings is 1. The lowest BCUT2D eigenvalue weighted by Gasteiger charge is -2.13. The van der Waals surface area contributed by atoms with Crippen LogP contribution in [0.1, 0.15) is 15.9 Å². The summed E-state index contributed by atoms with van der Waals surface area (Å²) in [5.74, 6) is -0.864. The topological polar surface area (TPSA) is 62.0 Å². The third-order valence-corrected chi connectivity index (χ3v) is 4.14. The Hall–Kier alpha value is -3.06. The second kappa shape index (κ2) is 7.28. The maximum Gasteiger partial charge on any atom is 0.416 e. The summed E-state index contributed by atoms with van der Waals surface area (Å²) in [6.07, 6.45) is -3.21. The first-order valence-electron chi connectivity index (χ1n) is 7.72. The van der Waals surface area contributed by atoms with Crippen molar-refractivity contribution in [2.24, 2.45) is 0 Å². The zero-order valence-electron chi connectivity index (χ0n) is 13.6. The summed E-state index contributed by atoms with van der Waals surface area (Å²) in [4.78, 5) is 27.3. The van der Waals surface area contributed by atoms with E-state index in [4.69, 9.17) is 11.6 Å². The van der Waals surface area contributed by atoms with Crippen LogP contribution in [0.3, 0.4) is 0 Å². The Morgan fingerprint density at radius 3 is 2.41 bits per heavy atom. The highest BCUT2D eigenvalue weighted by atomic mass is 35.5. The summed E-state index contributed by atoms with van der Waals surface area (Å²) in [5, 5.41) is 2.22. The van der Waals surface area contributed by atoms with Crippen molar-refractivity contribution in [1.29, 1.82) is 0 Å². The van der Waals surface area contributed by atoms with Gasteiger partial charge in [-0.2, -0.15) is 13.2 Å². The second-order valence-electron chi connectivity index (χ2n) is 5.61. The standard InChI is InChI=1S/C19H12ClF3N2O2/c20-14-7-6-12(19(21,22)23)10-15(14)25-18(27)16-13(8-9-24-17(16)26)11-4-2-1-3-5-11/h1-10H,(H,24,26)(H,25,27). The fourth-order valence-corrected chi connectivity index (χ4v) is 2.71. The van der Waals surface area contributed by atoms with Gasteiger partial charge in [0, 0.05) is 11.8 Å². The van der Waals surface area contributed by atoms with E-state index in [1.807, 2.05) is 0 Å². The van der Waals surface area contributed by atoms with Gasteiger partial charge in [-0.15, -0.1) is 0 Å². The van der Waals surface area contributed by atoms with Crippen molar-refractivity contribution in [2.75, 3.05) is 5.32 Å². The smallest absolute Gasteiger partial charge is 0.328 e. The molecule has 0 fully saturated rings. The van der Waals surface area contributed by atoms with Gasteiger partial charge in [-0.1, -0.05) is 41.9 Å². The van der Waals surface area contributed by atoms with Gasteiger partial charge in [0.25, 0.3) is 11.5 Å². The van der Waals surface area contributed by atoms with E-state index in [0.717, 1.165) is 18.2 Å². The number of halogens is 4. The van der Waals surface area contributed by atoms with Gasteiger partial charge in [-0.3, -0.25) is 9.59 Å². The molecule has 0 saturated heterocycles. The number of alkyl halides is 3. The Morgan fingerprint density at radius 1 is 1.04 bits per heavy atom. The fraction of sp³-hybridized carbons (Fsp3) is 0.0526. The normalized spacial score (nSPS) is 11.3. The van der Waals surface area contributed by atoms with Crippen LogP contribution in [0.2, 0.25) is 5.02 Å². The minimum atomic E-state index is -4.59. The predicted molar refractivity (Wildman–Crippen MR) is 96.9 cm³/mol. The largest absolute Gasteiger partial charge is 0.416 e. The number of aromatic amines is 1. The van der Waals surface area contributed by atoms with Crippen LogP contribution in [0, 0.1) is 0 Å². The van der Waals surface area contributed by atoms with Gasteiger partial charge in [-0.25, -0.2) is 0 Å². The van der Waals surface area contributed by atoms with E-state index in [2.05, 4.69) is 10.3 Å². The number of hydrogen-bond acceptors (Lipinski definition) is 2. The van der Waals surface area contributed by atoms with Gasteiger partial charge in [0.1, 0.15) is 5.56 Å². The molecule has 27 heavy (non-hydrogen) atoms. The highest BCUT2D eigenvalue weighted by molar-refractivity contribution is 6.34. The van der Waals surface area contributed by atoms with Crippen molar-refractivity contribution in [1.82, 2.24) is 4.98 Å². The van der Waals surface area contributed by atoms with Gasteiger partial charge in [0.2, 0.25) is 0 Å². The number of amides is 1. The predicted octanol–water partition coefficient (Wildman–Crippen LogP) is 4.97. The van der Waals surface area contributed by atoms with Crippen molar-refractivity contribution < 1.29 is 18.0 Å². The number of carbonyl (C=O) groups excluding carboxylic acids is 1. The monoisotopic (exact) mass is 392 g/mol. The molecule has 1 amide bonds. The molecule has 138 valence electrons. The Balaban J connectivity index is 2.03. The molecule has 0 unspecified atom stereocenters. The lowest BCUT2D eigenvalue weighted by Crippen LogP contribution is -2.24. The van der Waals surface area contributed by atoms with Crippen LogP contribution in [-0.4, -0.2) is 10.9 Å². The molecular formula is C19H12ClF3N2O2. The number of hydrogen-bond donors (Lipinski definition) is 2. The molecule has 3 rings (SSSR count). The van der Waals surface area contributed by atoms with E-state index in [0.29, 0.717) is 11.1 Å². The van der Waals surface area contributed by atoms with Crippen LogP contribution in [0.4, 0.5) is 18.9 Å². The molecule has 2 aromatic carbocycles.